The van der Waals surface area contributed by atoms with Crippen LogP contribution >= 0.6 is 0 Å². The van der Waals surface area contributed by atoms with Gasteiger partial charge >= 0.3 is 5.69 Å². The molecule has 0 amide bonds. The topological polar surface area (TPSA) is 99.0 Å². The Balaban J connectivity index is 0.00000100. The number of fused-ring (bicyclic) bond motifs is 1. The lowest BCUT2D eigenvalue weighted by molar-refractivity contribution is 0.479. The molecule has 2 aromatic heterocycles. The van der Waals surface area contributed by atoms with Gasteiger partial charge in [-0.2, -0.15) is 5.26 Å². The van der Waals surface area contributed by atoms with Crippen LogP contribution in [0.4, 0.5) is 4.39 Å². The van der Waals surface area contributed by atoms with Crippen molar-refractivity contribution in [2.24, 2.45) is 7.05 Å². The summed E-state index contributed by atoms with van der Waals surface area (Å²) in [5.74, 6) is -0.441. The molecule has 8 nitrogen and oxygen atoms in total. The van der Waals surface area contributed by atoms with E-state index in [1.165, 1.54) is 36.7 Å². The Morgan fingerprint density at radius 2 is 1.64 bits per heavy atom. The van der Waals surface area contributed by atoms with Crippen LogP contribution in [0.3, 0.4) is 0 Å². The minimum Gasteiger partial charge on any atom is -0.456 e. The first-order chi connectivity index (χ1) is 18.7. The Kier molecular flexibility index (Phi) is 8.92. The Morgan fingerprint density at radius 3 is 2.23 bits per heavy atom. The largest absolute Gasteiger partial charge is 0.456 e. The van der Waals surface area contributed by atoms with E-state index in [9.17, 15) is 19.6 Å². The highest BCUT2D eigenvalue weighted by atomic mass is 19.1. The summed E-state index contributed by atoms with van der Waals surface area (Å²) in [5, 5.41) is 9.22. The van der Waals surface area contributed by atoms with Gasteiger partial charge in [-0.25, -0.2) is 13.8 Å². The molecule has 2 aromatic carbocycles. The van der Waals surface area contributed by atoms with Crippen molar-refractivity contribution in [1.82, 2.24) is 13.7 Å². The lowest BCUT2D eigenvalue weighted by atomic mass is 10.1. The fraction of sp³-hybridized carbons (Fsp3) is 0.333. The van der Waals surface area contributed by atoms with Crippen LogP contribution in [0.5, 0.6) is 11.5 Å². The highest BCUT2D eigenvalue weighted by molar-refractivity contribution is 5.85. The van der Waals surface area contributed by atoms with Gasteiger partial charge in [-0.1, -0.05) is 39.8 Å². The molecule has 0 atom stereocenters. The normalized spacial score (nSPS) is 12.1. The van der Waals surface area contributed by atoms with Crippen molar-refractivity contribution in [3.63, 3.8) is 0 Å². The number of nitriles is 1. The van der Waals surface area contributed by atoms with Gasteiger partial charge in [0, 0.05) is 13.1 Å². The summed E-state index contributed by atoms with van der Waals surface area (Å²) >= 11 is 0. The average molecular weight is 533 g/mol. The van der Waals surface area contributed by atoms with Crippen LogP contribution in [-0.4, -0.2) is 13.7 Å². The number of benzene rings is 2. The van der Waals surface area contributed by atoms with Gasteiger partial charge in [0.1, 0.15) is 22.6 Å². The number of hydrogen-bond donors (Lipinski definition) is 0. The molecule has 0 unspecified atom stereocenters. The molecular weight excluding hydrogens is 499 g/mol. The average Bonchev–Trinajstić information content (AvgIpc) is 3.78. The van der Waals surface area contributed by atoms with Crippen LogP contribution in [0.25, 0.3) is 16.7 Å². The number of nitrogens with zero attached hydrogens (tertiary/aromatic N) is 4. The van der Waals surface area contributed by atoms with E-state index in [0.717, 1.165) is 9.13 Å². The first kappa shape index (κ1) is 29.1. The quantitative estimate of drug-likeness (QED) is 0.338. The van der Waals surface area contributed by atoms with Gasteiger partial charge in [-0.3, -0.25) is 18.7 Å². The first-order valence-corrected chi connectivity index (χ1v) is 13.1. The highest BCUT2D eigenvalue weighted by Gasteiger charge is 2.32. The molecule has 0 N–H and O–H groups in total. The number of rotatable bonds is 4. The lowest BCUT2D eigenvalue weighted by Crippen LogP contribution is -2.41. The van der Waals surface area contributed by atoms with E-state index in [1.54, 1.807) is 31.2 Å². The second kappa shape index (κ2) is 11.9. The summed E-state index contributed by atoms with van der Waals surface area (Å²) < 4.78 is 24.5. The van der Waals surface area contributed by atoms with Crippen molar-refractivity contribution in [3.8, 4) is 23.3 Å². The summed E-state index contributed by atoms with van der Waals surface area (Å²) in [4.78, 5) is 40.5. The molecule has 4 aromatic rings. The Labute approximate surface area is 226 Å². The van der Waals surface area contributed by atoms with E-state index in [1.807, 2.05) is 33.8 Å². The monoisotopic (exact) mass is 532 g/mol. The van der Waals surface area contributed by atoms with Crippen LogP contribution in [-0.2, 0) is 7.05 Å². The second-order valence-corrected chi connectivity index (χ2v) is 8.74. The van der Waals surface area contributed by atoms with Gasteiger partial charge in [0.2, 0.25) is 0 Å². The van der Waals surface area contributed by atoms with Crippen molar-refractivity contribution in [3.05, 3.63) is 96.2 Å². The molecule has 0 saturated heterocycles. The Morgan fingerprint density at radius 1 is 0.974 bits per heavy atom. The number of hydrogen-bond acceptors (Lipinski definition) is 5. The minimum absolute atomic E-state index is 0.0153. The van der Waals surface area contributed by atoms with Gasteiger partial charge in [0.05, 0.1) is 22.9 Å². The molecule has 9 heteroatoms. The molecule has 1 aliphatic carbocycles. The van der Waals surface area contributed by atoms with E-state index in [0.29, 0.717) is 24.0 Å². The van der Waals surface area contributed by atoms with E-state index >= 15 is 4.39 Å². The molecule has 0 radical (unpaired) electrons. The smallest absolute Gasteiger partial charge is 0.337 e. The van der Waals surface area contributed by atoms with Crippen molar-refractivity contribution < 1.29 is 9.13 Å². The predicted octanol–water partition coefficient (Wildman–Crippen LogP) is 5.66. The third-order valence-electron chi connectivity index (χ3n) is 6.22. The standard InChI is InChI=1S/C26H21FN4O4.2C2H6/c1-14-7-10-20(19(27)11-14)31-23-21(25(33)30(26(31)34)17-8-9-17)22(15(2)24(32)29(23)3)35-18-6-4-5-16(12-18)13-28;2*1-2/h4-7,10-12,17H,8-9H2,1-3H3;2*1-2H3. The molecule has 5 rings (SSSR count). The molecule has 1 saturated carbocycles. The number of ether oxygens (including phenoxy) is 1. The molecule has 0 aliphatic heterocycles. The van der Waals surface area contributed by atoms with Crippen LogP contribution in [0.2, 0.25) is 0 Å². The highest BCUT2D eigenvalue weighted by Crippen LogP contribution is 2.35. The van der Waals surface area contributed by atoms with Gasteiger partial charge < -0.3 is 4.74 Å². The molecule has 204 valence electrons. The number of pyridine rings is 1. The minimum atomic E-state index is -0.718. The third-order valence-corrected chi connectivity index (χ3v) is 6.22. The van der Waals surface area contributed by atoms with Crippen LogP contribution in [0.15, 0.2) is 56.8 Å². The molecule has 2 heterocycles. The van der Waals surface area contributed by atoms with Gasteiger partial charge in [-0.15, -0.1) is 0 Å². The molecule has 0 spiro atoms. The van der Waals surface area contributed by atoms with Gasteiger partial charge in [0.15, 0.2) is 5.75 Å². The summed E-state index contributed by atoms with van der Waals surface area (Å²) in [5.41, 5.74) is -0.833. The fourth-order valence-electron chi connectivity index (χ4n) is 4.30. The molecular formula is C30H33FN4O4. The second-order valence-electron chi connectivity index (χ2n) is 8.74. The van der Waals surface area contributed by atoms with Crippen LogP contribution in [0.1, 0.15) is 63.3 Å². The zero-order chi connectivity index (χ0) is 29.0. The van der Waals surface area contributed by atoms with Gasteiger partial charge in [0.25, 0.3) is 11.1 Å². The van der Waals surface area contributed by atoms with Crippen molar-refractivity contribution in [1.29, 1.82) is 5.26 Å². The molecule has 39 heavy (non-hydrogen) atoms. The fourth-order valence-corrected chi connectivity index (χ4v) is 4.30. The summed E-state index contributed by atoms with van der Waals surface area (Å²) in [6, 6.07) is 12.4. The van der Waals surface area contributed by atoms with E-state index < -0.39 is 22.6 Å². The van der Waals surface area contributed by atoms with Crippen LogP contribution < -0.4 is 21.5 Å². The van der Waals surface area contributed by atoms with E-state index in [-0.39, 0.29) is 39.8 Å². The van der Waals surface area contributed by atoms with Crippen molar-refractivity contribution in [2.45, 2.75) is 60.4 Å². The zero-order valence-corrected chi connectivity index (χ0v) is 23.3. The van der Waals surface area contributed by atoms with Crippen molar-refractivity contribution >= 4 is 11.0 Å². The molecule has 1 fully saturated rings. The SMILES string of the molecule is CC.CC.Cc1ccc(-n2c(=O)n(C3CC3)c(=O)c3c(Oc4cccc(C#N)c4)c(C)c(=O)n(C)c32)c(F)c1. The third kappa shape index (κ3) is 5.28. The number of halogens is 1. The zero-order valence-electron chi connectivity index (χ0n) is 23.3. The Bertz CT molecular complexity index is 1760. The van der Waals surface area contributed by atoms with Gasteiger partial charge in [-0.05, 0) is 62.6 Å². The Hall–Kier alpha value is -4.45. The predicted molar refractivity (Wildman–Crippen MR) is 151 cm³/mol. The van der Waals surface area contributed by atoms with Crippen LogP contribution in [0, 0.1) is 31.0 Å². The number of aryl methyl sites for hydroxylation is 2. The maximum absolute atomic E-state index is 15.1. The summed E-state index contributed by atoms with van der Waals surface area (Å²) in [7, 11) is 1.43. The maximum Gasteiger partial charge on any atom is 0.337 e. The van der Waals surface area contributed by atoms with E-state index in [2.05, 4.69) is 0 Å². The van der Waals surface area contributed by atoms with E-state index in [4.69, 9.17) is 4.74 Å². The summed E-state index contributed by atoms with van der Waals surface area (Å²) in [6.07, 6.45) is 1.28. The molecule has 1 aliphatic rings. The molecule has 0 bridgehead atoms. The summed E-state index contributed by atoms with van der Waals surface area (Å²) in [6.45, 7) is 11.2. The maximum atomic E-state index is 15.1. The number of aromatic nitrogens is 3. The van der Waals surface area contributed by atoms with Crippen molar-refractivity contribution in [2.75, 3.05) is 0 Å². The first-order valence-electron chi connectivity index (χ1n) is 13.1. The lowest BCUT2D eigenvalue weighted by Gasteiger charge is -2.20.